The second-order valence-electron chi connectivity index (χ2n) is 4.90. The van der Waals surface area contributed by atoms with E-state index in [1.165, 1.54) is 11.1 Å². The van der Waals surface area contributed by atoms with Gasteiger partial charge in [-0.1, -0.05) is 36.4 Å². The lowest BCUT2D eigenvalue weighted by Gasteiger charge is -2.20. The summed E-state index contributed by atoms with van der Waals surface area (Å²) in [5.41, 5.74) is 4.49. The second-order valence-corrected chi connectivity index (χ2v) is 4.90. The van der Waals surface area contributed by atoms with Crippen molar-refractivity contribution in [2.24, 2.45) is 0 Å². The van der Waals surface area contributed by atoms with Crippen molar-refractivity contribution in [3.05, 3.63) is 64.7 Å². The predicted molar refractivity (Wildman–Crippen MR) is 77.5 cm³/mol. The Bertz CT molecular complexity index is 547. The summed E-state index contributed by atoms with van der Waals surface area (Å²) in [4.78, 5) is 0. The highest BCUT2D eigenvalue weighted by molar-refractivity contribution is 5.42. The van der Waals surface area contributed by atoms with Crippen molar-refractivity contribution in [3.8, 4) is 5.75 Å². The van der Waals surface area contributed by atoms with E-state index in [1.54, 1.807) is 0 Å². The average molecular weight is 256 g/mol. The highest BCUT2D eigenvalue weighted by atomic mass is 16.5. The number of hydrogen-bond donors (Lipinski definition) is 1. The van der Waals surface area contributed by atoms with Crippen LogP contribution < -0.4 is 4.74 Å². The van der Waals surface area contributed by atoms with E-state index in [1.807, 2.05) is 43.3 Å². The molecule has 0 fully saturated rings. The molecular weight excluding hydrogens is 236 g/mol. The fourth-order valence-corrected chi connectivity index (χ4v) is 2.15. The maximum Gasteiger partial charge on any atom is 0.147 e. The van der Waals surface area contributed by atoms with E-state index >= 15 is 0 Å². The van der Waals surface area contributed by atoms with Crippen molar-refractivity contribution >= 4 is 0 Å². The first-order valence-corrected chi connectivity index (χ1v) is 6.52. The Hall–Kier alpha value is -1.80. The van der Waals surface area contributed by atoms with Crippen molar-refractivity contribution < 1.29 is 9.84 Å². The lowest BCUT2D eigenvalue weighted by atomic mass is 10.1. The summed E-state index contributed by atoms with van der Waals surface area (Å²) in [7, 11) is 0. The normalized spacial score (nSPS) is 12.2. The predicted octanol–water partition coefficient (Wildman–Crippen LogP) is 3.72. The summed E-state index contributed by atoms with van der Waals surface area (Å²) in [6, 6.07) is 14.0. The van der Waals surface area contributed by atoms with Crippen LogP contribution in [0.2, 0.25) is 0 Å². The summed E-state index contributed by atoms with van der Waals surface area (Å²) in [5, 5.41) is 9.55. The van der Waals surface area contributed by atoms with Gasteiger partial charge in [-0.15, -0.1) is 0 Å². The summed E-state index contributed by atoms with van der Waals surface area (Å²) in [5.74, 6) is 0.848. The molecule has 1 N–H and O–H groups in total. The van der Waals surface area contributed by atoms with E-state index in [9.17, 15) is 5.11 Å². The molecule has 1 unspecified atom stereocenters. The molecule has 0 aliphatic carbocycles. The molecule has 0 bridgehead atoms. The van der Waals surface area contributed by atoms with Gasteiger partial charge in [-0.3, -0.25) is 0 Å². The van der Waals surface area contributed by atoms with Crippen LogP contribution in [-0.2, 0) is 0 Å². The average Bonchev–Trinajstić information content (AvgIpc) is 2.42. The molecule has 1 atom stereocenters. The van der Waals surface area contributed by atoms with Crippen LogP contribution in [0, 0.1) is 20.8 Å². The monoisotopic (exact) mass is 256 g/mol. The lowest BCUT2D eigenvalue weighted by Crippen LogP contribution is -2.12. The van der Waals surface area contributed by atoms with Gasteiger partial charge in [0.2, 0.25) is 0 Å². The molecule has 0 radical (unpaired) electrons. The Morgan fingerprint density at radius 3 is 2.37 bits per heavy atom. The van der Waals surface area contributed by atoms with Crippen LogP contribution in [0.5, 0.6) is 5.75 Å². The molecule has 19 heavy (non-hydrogen) atoms. The van der Waals surface area contributed by atoms with Crippen molar-refractivity contribution in [2.75, 3.05) is 6.61 Å². The zero-order valence-corrected chi connectivity index (χ0v) is 11.7. The molecule has 2 aromatic carbocycles. The lowest BCUT2D eigenvalue weighted by molar-refractivity contribution is 0.115. The number of hydrogen-bond acceptors (Lipinski definition) is 2. The third-order valence-corrected chi connectivity index (χ3v) is 3.37. The Labute approximate surface area is 114 Å². The summed E-state index contributed by atoms with van der Waals surface area (Å²) < 4.78 is 5.99. The molecule has 0 saturated carbocycles. The molecule has 100 valence electrons. The molecule has 2 heteroatoms. The van der Waals surface area contributed by atoms with Crippen LogP contribution in [-0.4, -0.2) is 11.7 Å². The SMILES string of the molecule is Cc1cc(C)c(C)c(OC(CO)c2ccccc2)c1. The summed E-state index contributed by atoms with van der Waals surface area (Å²) in [6.07, 6.45) is -0.318. The minimum absolute atomic E-state index is 0.0313. The number of ether oxygens (including phenoxy) is 1. The van der Waals surface area contributed by atoms with Gasteiger partial charge in [0.1, 0.15) is 11.9 Å². The van der Waals surface area contributed by atoms with E-state index in [2.05, 4.69) is 19.9 Å². The molecular formula is C17H20O2. The van der Waals surface area contributed by atoms with E-state index in [-0.39, 0.29) is 12.7 Å². The zero-order valence-electron chi connectivity index (χ0n) is 11.7. The van der Waals surface area contributed by atoms with Crippen LogP contribution in [0.15, 0.2) is 42.5 Å². The van der Waals surface area contributed by atoms with Gasteiger partial charge in [0, 0.05) is 0 Å². The van der Waals surface area contributed by atoms with Gasteiger partial charge in [-0.25, -0.2) is 0 Å². The largest absolute Gasteiger partial charge is 0.483 e. The fraction of sp³-hybridized carbons (Fsp3) is 0.294. The molecule has 0 amide bonds. The van der Waals surface area contributed by atoms with Crippen LogP contribution in [0.3, 0.4) is 0 Å². The zero-order chi connectivity index (χ0) is 13.8. The number of aliphatic hydroxyl groups is 1. The highest BCUT2D eigenvalue weighted by Gasteiger charge is 2.14. The van der Waals surface area contributed by atoms with Crippen LogP contribution >= 0.6 is 0 Å². The van der Waals surface area contributed by atoms with Gasteiger partial charge in [0.05, 0.1) is 6.61 Å². The molecule has 0 aliphatic heterocycles. The first-order chi connectivity index (χ1) is 9.11. The number of aliphatic hydroxyl groups excluding tert-OH is 1. The topological polar surface area (TPSA) is 29.5 Å². The first-order valence-electron chi connectivity index (χ1n) is 6.52. The van der Waals surface area contributed by atoms with Gasteiger partial charge in [0.15, 0.2) is 0 Å². The molecule has 0 aromatic heterocycles. The fourth-order valence-electron chi connectivity index (χ4n) is 2.15. The molecule has 0 aliphatic rings. The Morgan fingerprint density at radius 2 is 1.74 bits per heavy atom. The van der Waals surface area contributed by atoms with Gasteiger partial charge < -0.3 is 9.84 Å². The van der Waals surface area contributed by atoms with Crippen molar-refractivity contribution in [2.45, 2.75) is 26.9 Å². The van der Waals surface area contributed by atoms with Crippen molar-refractivity contribution in [1.29, 1.82) is 0 Å². The number of aryl methyl sites for hydroxylation is 2. The molecule has 2 rings (SSSR count). The van der Waals surface area contributed by atoms with Gasteiger partial charge in [-0.05, 0) is 49.1 Å². The minimum atomic E-state index is -0.318. The van der Waals surface area contributed by atoms with E-state index in [0.717, 1.165) is 16.9 Å². The maximum absolute atomic E-state index is 9.55. The number of benzene rings is 2. The standard InChI is InChI=1S/C17H20O2/c1-12-9-13(2)14(3)16(10-12)19-17(11-18)15-7-5-4-6-8-15/h4-10,17-18H,11H2,1-3H3. The second kappa shape index (κ2) is 5.89. The van der Waals surface area contributed by atoms with Crippen molar-refractivity contribution in [3.63, 3.8) is 0 Å². The maximum atomic E-state index is 9.55. The number of rotatable bonds is 4. The van der Waals surface area contributed by atoms with Gasteiger partial charge >= 0.3 is 0 Å². The molecule has 0 spiro atoms. The quantitative estimate of drug-likeness (QED) is 0.903. The third kappa shape index (κ3) is 3.15. The highest BCUT2D eigenvalue weighted by Crippen LogP contribution is 2.28. The molecule has 2 nitrogen and oxygen atoms in total. The molecule has 0 saturated heterocycles. The van der Waals surface area contributed by atoms with E-state index in [0.29, 0.717) is 0 Å². The van der Waals surface area contributed by atoms with Gasteiger partial charge in [0.25, 0.3) is 0 Å². The van der Waals surface area contributed by atoms with E-state index < -0.39 is 0 Å². The van der Waals surface area contributed by atoms with Crippen LogP contribution in [0.1, 0.15) is 28.4 Å². The Morgan fingerprint density at radius 1 is 1.05 bits per heavy atom. The van der Waals surface area contributed by atoms with Crippen LogP contribution in [0.4, 0.5) is 0 Å². The Balaban J connectivity index is 2.29. The Kier molecular flexibility index (Phi) is 4.23. The van der Waals surface area contributed by atoms with Crippen LogP contribution in [0.25, 0.3) is 0 Å². The third-order valence-electron chi connectivity index (χ3n) is 3.37. The molecule has 0 heterocycles. The summed E-state index contributed by atoms with van der Waals surface area (Å²) >= 11 is 0. The smallest absolute Gasteiger partial charge is 0.147 e. The first kappa shape index (κ1) is 13.6. The molecule has 2 aromatic rings. The van der Waals surface area contributed by atoms with Gasteiger partial charge in [-0.2, -0.15) is 0 Å². The minimum Gasteiger partial charge on any atom is -0.483 e. The summed E-state index contributed by atoms with van der Waals surface area (Å²) in [6.45, 7) is 6.14. The van der Waals surface area contributed by atoms with Crippen molar-refractivity contribution in [1.82, 2.24) is 0 Å². The van der Waals surface area contributed by atoms with E-state index in [4.69, 9.17) is 4.74 Å².